The molecular weight excluding hydrogens is 327 g/mol. The van der Waals surface area contributed by atoms with Gasteiger partial charge >= 0.3 is 11.9 Å². The Labute approximate surface area is 137 Å². The van der Waals surface area contributed by atoms with Crippen molar-refractivity contribution < 1.29 is 19.4 Å². The minimum absolute atomic E-state index is 0.147. The summed E-state index contributed by atoms with van der Waals surface area (Å²) in [5.74, 6) is -2.60. The summed E-state index contributed by atoms with van der Waals surface area (Å²) in [6.07, 6.45) is -0.293. The molecule has 0 amide bonds. The topological polar surface area (TPSA) is 63.6 Å². The Balaban J connectivity index is 2.10. The van der Waals surface area contributed by atoms with Crippen LogP contribution in [0.1, 0.15) is 17.9 Å². The predicted molar refractivity (Wildman–Crippen MR) is 83.5 cm³/mol. The first-order valence-corrected chi connectivity index (χ1v) is 7.16. The maximum Gasteiger partial charge on any atom is 0.312 e. The maximum atomic E-state index is 12.0. The van der Waals surface area contributed by atoms with Gasteiger partial charge in [0.05, 0.1) is 17.4 Å². The fraction of sp³-hybridized carbons (Fsp3) is 0.125. The molecule has 0 fully saturated rings. The molecule has 0 aliphatic carbocycles. The highest BCUT2D eigenvalue weighted by Crippen LogP contribution is 2.29. The van der Waals surface area contributed by atoms with Gasteiger partial charge in [0.2, 0.25) is 0 Å². The number of carbonyl (C=O) groups excluding carboxylic acids is 1. The summed E-state index contributed by atoms with van der Waals surface area (Å²) in [5, 5.41) is 9.88. The Bertz CT molecular complexity index is 686. The van der Waals surface area contributed by atoms with Crippen LogP contribution in [0.4, 0.5) is 0 Å². The van der Waals surface area contributed by atoms with E-state index in [2.05, 4.69) is 0 Å². The van der Waals surface area contributed by atoms with Crippen LogP contribution < -0.4 is 4.74 Å². The molecule has 1 N–H and O–H groups in total. The molecule has 0 aliphatic rings. The van der Waals surface area contributed by atoms with Crippen molar-refractivity contribution in [1.29, 1.82) is 0 Å². The molecule has 0 saturated heterocycles. The predicted octanol–water partition coefficient (Wildman–Crippen LogP) is 4.16. The summed E-state index contributed by atoms with van der Waals surface area (Å²) >= 11 is 11.7. The number of benzene rings is 2. The fourth-order valence-corrected chi connectivity index (χ4v) is 2.37. The monoisotopic (exact) mass is 338 g/mol. The lowest BCUT2D eigenvalue weighted by molar-refractivity contribution is -0.144. The van der Waals surface area contributed by atoms with Gasteiger partial charge in [0.1, 0.15) is 5.75 Å². The van der Waals surface area contributed by atoms with Crippen LogP contribution in [-0.4, -0.2) is 17.0 Å². The third-order valence-corrected chi connectivity index (χ3v) is 3.52. The molecular formula is C16H12Cl2O4. The molecule has 22 heavy (non-hydrogen) atoms. The first-order valence-electron chi connectivity index (χ1n) is 6.41. The van der Waals surface area contributed by atoms with E-state index in [4.69, 9.17) is 27.9 Å². The number of rotatable bonds is 5. The van der Waals surface area contributed by atoms with Crippen LogP contribution in [0.25, 0.3) is 0 Å². The lowest BCUT2D eigenvalue weighted by Gasteiger charge is -2.12. The molecule has 0 spiro atoms. The van der Waals surface area contributed by atoms with Gasteiger partial charge in [-0.3, -0.25) is 9.59 Å². The number of aliphatic carboxylic acids is 1. The summed E-state index contributed by atoms with van der Waals surface area (Å²) in [4.78, 5) is 23.3. The molecule has 1 unspecified atom stereocenters. The number of carboxylic acid groups (broad SMARTS) is 1. The molecule has 0 aliphatic heterocycles. The quantitative estimate of drug-likeness (QED) is 0.656. The molecule has 4 nitrogen and oxygen atoms in total. The minimum Gasteiger partial charge on any atom is -0.481 e. The van der Waals surface area contributed by atoms with Crippen LogP contribution in [0.2, 0.25) is 10.0 Å². The Kier molecular flexibility index (Phi) is 5.41. The number of hydrogen-bond donors (Lipinski definition) is 1. The summed E-state index contributed by atoms with van der Waals surface area (Å²) in [7, 11) is 0. The largest absolute Gasteiger partial charge is 0.481 e. The lowest BCUT2D eigenvalue weighted by Crippen LogP contribution is -2.19. The Morgan fingerprint density at radius 3 is 2.36 bits per heavy atom. The zero-order chi connectivity index (χ0) is 16.1. The van der Waals surface area contributed by atoms with E-state index in [9.17, 15) is 14.7 Å². The number of halogens is 2. The molecule has 2 rings (SSSR count). The van der Waals surface area contributed by atoms with Gasteiger partial charge in [0.15, 0.2) is 0 Å². The average molecular weight is 339 g/mol. The van der Waals surface area contributed by atoms with Gasteiger partial charge < -0.3 is 9.84 Å². The van der Waals surface area contributed by atoms with Crippen LogP contribution in [0.3, 0.4) is 0 Å². The van der Waals surface area contributed by atoms with Crippen LogP contribution in [0.15, 0.2) is 48.5 Å². The van der Waals surface area contributed by atoms with E-state index in [0.717, 1.165) is 0 Å². The number of carbonyl (C=O) groups is 2. The molecule has 0 heterocycles. The first-order chi connectivity index (χ1) is 10.5. The number of hydrogen-bond acceptors (Lipinski definition) is 3. The molecule has 6 heteroatoms. The van der Waals surface area contributed by atoms with Crippen LogP contribution in [-0.2, 0) is 9.59 Å². The minimum atomic E-state index is -1.09. The van der Waals surface area contributed by atoms with E-state index >= 15 is 0 Å². The molecule has 0 saturated carbocycles. The number of ether oxygens (including phenoxy) is 1. The zero-order valence-corrected chi connectivity index (χ0v) is 12.8. The highest BCUT2D eigenvalue weighted by Gasteiger charge is 2.24. The van der Waals surface area contributed by atoms with Crippen molar-refractivity contribution in [2.24, 2.45) is 0 Å². The van der Waals surface area contributed by atoms with Gasteiger partial charge in [-0.05, 0) is 23.8 Å². The van der Waals surface area contributed by atoms with Crippen molar-refractivity contribution in [3.8, 4) is 5.75 Å². The Morgan fingerprint density at radius 1 is 1.09 bits per heavy atom. The van der Waals surface area contributed by atoms with Gasteiger partial charge in [-0.1, -0.05) is 53.5 Å². The highest BCUT2D eigenvalue weighted by atomic mass is 35.5. The van der Waals surface area contributed by atoms with E-state index in [-0.39, 0.29) is 17.2 Å². The van der Waals surface area contributed by atoms with E-state index in [1.807, 2.05) is 0 Å². The molecule has 0 aromatic heterocycles. The van der Waals surface area contributed by atoms with Gasteiger partial charge in [-0.2, -0.15) is 0 Å². The van der Waals surface area contributed by atoms with Crippen molar-refractivity contribution in [3.05, 3.63) is 64.1 Å². The molecule has 1 atom stereocenters. The summed E-state index contributed by atoms with van der Waals surface area (Å²) < 4.78 is 5.11. The second kappa shape index (κ2) is 7.29. The standard InChI is InChI=1S/C16H12Cl2O4/c17-11-6-7-14(13(18)8-11)22-15(19)9-12(16(20)21)10-4-2-1-3-5-10/h1-8,12H,9H2,(H,20,21). The summed E-state index contributed by atoms with van der Waals surface area (Å²) in [5.41, 5.74) is 0.536. The molecule has 2 aromatic carbocycles. The summed E-state index contributed by atoms with van der Waals surface area (Å²) in [6, 6.07) is 12.9. The lowest BCUT2D eigenvalue weighted by atomic mass is 9.96. The second-order valence-electron chi connectivity index (χ2n) is 4.55. The second-order valence-corrected chi connectivity index (χ2v) is 5.40. The van der Waals surface area contributed by atoms with E-state index in [0.29, 0.717) is 10.6 Å². The van der Waals surface area contributed by atoms with Crippen molar-refractivity contribution >= 4 is 35.1 Å². The van der Waals surface area contributed by atoms with Crippen LogP contribution in [0, 0.1) is 0 Å². The average Bonchev–Trinajstić information content (AvgIpc) is 2.48. The molecule has 2 aromatic rings. The smallest absolute Gasteiger partial charge is 0.312 e. The normalized spacial score (nSPS) is 11.7. The number of esters is 1. The highest BCUT2D eigenvalue weighted by molar-refractivity contribution is 6.35. The van der Waals surface area contributed by atoms with Gasteiger partial charge in [-0.25, -0.2) is 0 Å². The molecule has 0 bridgehead atoms. The van der Waals surface area contributed by atoms with Crippen molar-refractivity contribution in [1.82, 2.24) is 0 Å². The van der Waals surface area contributed by atoms with E-state index < -0.39 is 17.9 Å². The van der Waals surface area contributed by atoms with Gasteiger partial charge in [0.25, 0.3) is 0 Å². The zero-order valence-electron chi connectivity index (χ0n) is 11.3. The van der Waals surface area contributed by atoms with Gasteiger partial charge in [-0.15, -0.1) is 0 Å². The van der Waals surface area contributed by atoms with Crippen molar-refractivity contribution in [2.75, 3.05) is 0 Å². The Morgan fingerprint density at radius 2 is 1.77 bits per heavy atom. The van der Waals surface area contributed by atoms with Crippen molar-refractivity contribution in [3.63, 3.8) is 0 Å². The SMILES string of the molecule is O=C(CC(C(=O)O)c1ccccc1)Oc1ccc(Cl)cc1Cl. The third kappa shape index (κ3) is 4.23. The first kappa shape index (κ1) is 16.3. The van der Waals surface area contributed by atoms with E-state index in [1.165, 1.54) is 18.2 Å². The van der Waals surface area contributed by atoms with E-state index in [1.54, 1.807) is 30.3 Å². The summed E-state index contributed by atoms with van der Waals surface area (Å²) in [6.45, 7) is 0. The molecule has 114 valence electrons. The Hall–Kier alpha value is -2.04. The van der Waals surface area contributed by atoms with Crippen LogP contribution >= 0.6 is 23.2 Å². The van der Waals surface area contributed by atoms with Crippen molar-refractivity contribution in [2.45, 2.75) is 12.3 Å². The third-order valence-electron chi connectivity index (χ3n) is 2.99. The maximum absolute atomic E-state index is 12.0. The van der Waals surface area contributed by atoms with Crippen LogP contribution in [0.5, 0.6) is 5.75 Å². The number of carboxylic acids is 1. The fourth-order valence-electron chi connectivity index (χ4n) is 1.92. The van der Waals surface area contributed by atoms with Gasteiger partial charge in [0, 0.05) is 5.02 Å². The molecule has 0 radical (unpaired) electrons.